The molecule has 0 bridgehead atoms. The lowest BCUT2D eigenvalue weighted by Crippen LogP contribution is -2.31. The zero-order valence-electron chi connectivity index (χ0n) is 15.9. The summed E-state index contributed by atoms with van der Waals surface area (Å²) in [5.74, 6) is 1.03. The summed E-state index contributed by atoms with van der Waals surface area (Å²) in [6.45, 7) is 1.89. The molecule has 3 nitrogen and oxygen atoms in total. The van der Waals surface area contributed by atoms with E-state index in [0.717, 1.165) is 46.8 Å². The molecule has 29 heavy (non-hydrogen) atoms. The first-order valence-corrected chi connectivity index (χ1v) is 10.7. The summed E-state index contributed by atoms with van der Waals surface area (Å²) in [5.41, 5.74) is 6.11. The number of rotatable bonds is 2. The summed E-state index contributed by atoms with van der Waals surface area (Å²) in [6, 6.07) is 27.7. The maximum absolute atomic E-state index is 5.01. The Kier molecular flexibility index (Phi) is 3.84. The van der Waals surface area contributed by atoms with Crippen molar-refractivity contribution in [2.45, 2.75) is 13.0 Å². The molecular weight excluding hydrogens is 374 g/mol. The predicted molar refractivity (Wildman–Crippen MR) is 122 cm³/mol. The van der Waals surface area contributed by atoms with Crippen LogP contribution in [0.2, 0.25) is 0 Å². The lowest BCUT2D eigenvalue weighted by molar-refractivity contribution is 0.723. The van der Waals surface area contributed by atoms with E-state index >= 15 is 0 Å². The van der Waals surface area contributed by atoms with Gasteiger partial charge in [0, 0.05) is 24.0 Å². The van der Waals surface area contributed by atoms with Crippen molar-refractivity contribution in [1.82, 2.24) is 9.97 Å². The smallest absolute Gasteiger partial charge is 0.130 e. The first-order valence-electron chi connectivity index (χ1n) is 9.93. The highest BCUT2D eigenvalue weighted by atomic mass is 32.1. The summed E-state index contributed by atoms with van der Waals surface area (Å²) < 4.78 is 1.22. The van der Waals surface area contributed by atoms with E-state index in [1.54, 1.807) is 11.3 Å². The standard InChI is InChI=1S/C25H19N3S/c1-2-8-18-16-28(14-13-17(18)7-1)24-15-20(19-9-3-4-10-21(19)26-24)25-27-22-11-5-6-12-23(22)29-25/h1-12,15H,13-14,16H2. The first kappa shape index (κ1) is 16.7. The van der Waals surface area contributed by atoms with E-state index in [1.807, 2.05) is 6.07 Å². The molecule has 140 valence electrons. The van der Waals surface area contributed by atoms with Crippen molar-refractivity contribution in [1.29, 1.82) is 0 Å². The SMILES string of the molecule is c1ccc2c(c1)CCN(c1cc(-c3nc4ccccc4s3)c3ccccc3n1)C2. The number of pyridine rings is 1. The van der Waals surface area contributed by atoms with Crippen LogP contribution in [0, 0.1) is 0 Å². The van der Waals surface area contributed by atoms with E-state index in [1.165, 1.54) is 21.4 Å². The Bertz CT molecular complexity index is 1320. The van der Waals surface area contributed by atoms with Gasteiger partial charge < -0.3 is 4.90 Å². The number of fused-ring (bicyclic) bond motifs is 3. The molecule has 3 heterocycles. The predicted octanol–water partition coefficient (Wildman–Crippen LogP) is 6.07. The van der Waals surface area contributed by atoms with Crippen molar-refractivity contribution in [3.63, 3.8) is 0 Å². The van der Waals surface area contributed by atoms with Gasteiger partial charge in [0.2, 0.25) is 0 Å². The average molecular weight is 394 g/mol. The van der Waals surface area contributed by atoms with Gasteiger partial charge in [-0.3, -0.25) is 0 Å². The highest BCUT2D eigenvalue weighted by molar-refractivity contribution is 7.21. The van der Waals surface area contributed by atoms with Crippen molar-refractivity contribution < 1.29 is 0 Å². The van der Waals surface area contributed by atoms with E-state index in [-0.39, 0.29) is 0 Å². The molecule has 0 aliphatic carbocycles. The first-order chi connectivity index (χ1) is 14.3. The van der Waals surface area contributed by atoms with E-state index in [9.17, 15) is 0 Å². The Morgan fingerprint density at radius 1 is 0.759 bits per heavy atom. The van der Waals surface area contributed by atoms with Crippen LogP contribution in [0.3, 0.4) is 0 Å². The summed E-state index contributed by atoms with van der Waals surface area (Å²) >= 11 is 1.75. The van der Waals surface area contributed by atoms with Crippen molar-refractivity contribution in [2.24, 2.45) is 0 Å². The topological polar surface area (TPSA) is 29.0 Å². The largest absolute Gasteiger partial charge is 0.352 e. The minimum Gasteiger partial charge on any atom is -0.352 e. The van der Waals surface area contributed by atoms with Gasteiger partial charge in [0.05, 0.1) is 15.7 Å². The Hall–Kier alpha value is -3.24. The van der Waals surface area contributed by atoms with Crippen LogP contribution in [-0.2, 0) is 13.0 Å². The third-order valence-electron chi connectivity index (χ3n) is 5.68. The highest BCUT2D eigenvalue weighted by Crippen LogP contribution is 2.37. The molecule has 0 saturated heterocycles. The monoisotopic (exact) mass is 393 g/mol. The van der Waals surface area contributed by atoms with Gasteiger partial charge in [-0.05, 0) is 41.8 Å². The fraction of sp³-hybridized carbons (Fsp3) is 0.120. The van der Waals surface area contributed by atoms with E-state index in [2.05, 4.69) is 77.7 Å². The second-order valence-electron chi connectivity index (χ2n) is 7.47. The summed E-state index contributed by atoms with van der Waals surface area (Å²) in [4.78, 5) is 12.3. The van der Waals surface area contributed by atoms with Crippen molar-refractivity contribution in [3.05, 3.63) is 90.0 Å². The van der Waals surface area contributed by atoms with Crippen LogP contribution in [0.15, 0.2) is 78.9 Å². The number of aromatic nitrogens is 2. The van der Waals surface area contributed by atoms with Crippen molar-refractivity contribution in [3.8, 4) is 10.6 Å². The maximum Gasteiger partial charge on any atom is 0.130 e. The molecule has 2 aromatic heterocycles. The molecule has 0 radical (unpaired) electrons. The maximum atomic E-state index is 5.01. The molecule has 0 spiro atoms. The van der Waals surface area contributed by atoms with E-state index < -0.39 is 0 Å². The second-order valence-corrected chi connectivity index (χ2v) is 8.50. The molecule has 5 aromatic rings. The van der Waals surface area contributed by atoms with Gasteiger partial charge in [-0.2, -0.15) is 0 Å². The lowest BCUT2D eigenvalue weighted by atomic mass is 9.99. The van der Waals surface area contributed by atoms with Gasteiger partial charge in [-0.25, -0.2) is 9.97 Å². The van der Waals surface area contributed by atoms with Gasteiger partial charge in [0.25, 0.3) is 0 Å². The van der Waals surface area contributed by atoms with Crippen LogP contribution in [0.4, 0.5) is 5.82 Å². The van der Waals surface area contributed by atoms with Gasteiger partial charge in [0.15, 0.2) is 0 Å². The zero-order chi connectivity index (χ0) is 19.2. The number of benzene rings is 3. The van der Waals surface area contributed by atoms with Crippen LogP contribution in [0.25, 0.3) is 31.7 Å². The number of hydrogen-bond donors (Lipinski definition) is 0. The molecule has 1 aliphatic rings. The zero-order valence-corrected chi connectivity index (χ0v) is 16.7. The number of thiazole rings is 1. The molecule has 0 amide bonds. The summed E-state index contributed by atoms with van der Waals surface area (Å²) in [6.07, 6.45) is 1.06. The van der Waals surface area contributed by atoms with Gasteiger partial charge in [-0.1, -0.05) is 54.6 Å². The lowest BCUT2D eigenvalue weighted by Gasteiger charge is -2.30. The molecule has 0 N–H and O–H groups in total. The number of para-hydroxylation sites is 2. The molecular formula is C25H19N3S. The molecule has 0 saturated carbocycles. The van der Waals surface area contributed by atoms with Crippen LogP contribution < -0.4 is 4.90 Å². The van der Waals surface area contributed by atoms with E-state index in [0.29, 0.717) is 0 Å². The Labute approximate surface area is 173 Å². The number of anilines is 1. The molecule has 0 unspecified atom stereocenters. The van der Waals surface area contributed by atoms with Crippen molar-refractivity contribution >= 4 is 38.3 Å². The molecule has 0 atom stereocenters. The van der Waals surface area contributed by atoms with Crippen LogP contribution in [0.1, 0.15) is 11.1 Å². The van der Waals surface area contributed by atoms with Crippen LogP contribution >= 0.6 is 11.3 Å². The summed E-state index contributed by atoms with van der Waals surface area (Å²) in [5, 5.41) is 2.22. The molecule has 6 rings (SSSR count). The fourth-order valence-corrected chi connectivity index (χ4v) is 5.18. The molecule has 3 aromatic carbocycles. The summed E-state index contributed by atoms with van der Waals surface area (Å²) in [7, 11) is 0. The van der Waals surface area contributed by atoms with Crippen LogP contribution in [-0.4, -0.2) is 16.5 Å². The Morgan fingerprint density at radius 3 is 2.41 bits per heavy atom. The molecule has 0 fully saturated rings. The van der Waals surface area contributed by atoms with Gasteiger partial charge in [0.1, 0.15) is 10.8 Å². The van der Waals surface area contributed by atoms with E-state index in [4.69, 9.17) is 9.97 Å². The third kappa shape index (κ3) is 2.88. The second kappa shape index (κ2) is 6.68. The molecule has 1 aliphatic heterocycles. The van der Waals surface area contributed by atoms with Gasteiger partial charge in [-0.15, -0.1) is 11.3 Å². The normalized spacial score (nSPS) is 13.7. The van der Waals surface area contributed by atoms with Crippen LogP contribution in [0.5, 0.6) is 0 Å². The third-order valence-corrected chi connectivity index (χ3v) is 6.75. The Morgan fingerprint density at radius 2 is 1.52 bits per heavy atom. The van der Waals surface area contributed by atoms with Crippen molar-refractivity contribution in [2.75, 3.05) is 11.4 Å². The Balaban J connectivity index is 1.51. The number of nitrogens with zero attached hydrogens (tertiary/aromatic N) is 3. The minimum atomic E-state index is 0.904. The molecule has 4 heteroatoms. The average Bonchev–Trinajstić information content (AvgIpc) is 3.22. The quantitative estimate of drug-likeness (QED) is 0.364. The number of hydrogen-bond acceptors (Lipinski definition) is 4. The fourth-order valence-electron chi connectivity index (χ4n) is 4.18. The minimum absolute atomic E-state index is 0.904. The highest BCUT2D eigenvalue weighted by Gasteiger charge is 2.20. The van der Waals surface area contributed by atoms with Gasteiger partial charge >= 0.3 is 0 Å².